The van der Waals surface area contributed by atoms with Crippen LogP contribution in [0.4, 0.5) is 9.52 Å². The molecular weight excluding hydrogens is 333 g/mol. The molecule has 4 nitrogen and oxygen atoms in total. The lowest BCUT2D eigenvalue weighted by molar-refractivity contribution is 0.102. The van der Waals surface area contributed by atoms with Crippen molar-refractivity contribution in [3.05, 3.63) is 52.8 Å². The molecule has 114 valence electrons. The molecule has 4 rings (SSSR count). The normalized spacial score (nSPS) is 11.2. The molecule has 0 aliphatic heterocycles. The standard InChI is InChI=1S/C16H10FN3OS2/c1-8-18-13-12(22-8)6-5-11-14(13)23-16(19-11)20-15(21)9-3-2-4-10(17)7-9/h2-7H,1H3,(H,19,20,21). The summed E-state index contributed by atoms with van der Waals surface area (Å²) in [5.74, 6) is -0.823. The van der Waals surface area contributed by atoms with Crippen molar-refractivity contribution in [2.24, 2.45) is 0 Å². The highest BCUT2D eigenvalue weighted by Crippen LogP contribution is 2.34. The van der Waals surface area contributed by atoms with Crippen LogP contribution in [0, 0.1) is 12.7 Å². The van der Waals surface area contributed by atoms with E-state index in [2.05, 4.69) is 15.3 Å². The molecule has 0 atom stereocenters. The van der Waals surface area contributed by atoms with Gasteiger partial charge in [-0.25, -0.2) is 14.4 Å². The van der Waals surface area contributed by atoms with Crippen LogP contribution in [-0.4, -0.2) is 15.9 Å². The Bertz CT molecular complexity index is 1050. The van der Waals surface area contributed by atoms with Crippen LogP contribution < -0.4 is 5.32 Å². The number of fused-ring (bicyclic) bond motifs is 3. The third kappa shape index (κ3) is 2.58. The molecule has 0 aliphatic carbocycles. The smallest absolute Gasteiger partial charge is 0.257 e. The number of thiazole rings is 2. The Balaban J connectivity index is 1.72. The molecule has 4 aromatic rings. The second-order valence-electron chi connectivity index (χ2n) is 4.98. The third-order valence-corrected chi connectivity index (χ3v) is 5.26. The van der Waals surface area contributed by atoms with Crippen molar-refractivity contribution in [1.82, 2.24) is 9.97 Å². The van der Waals surface area contributed by atoms with Crippen LogP contribution in [0.2, 0.25) is 0 Å². The summed E-state index contributed by atoms with van der Waals surface area (Å²) in [4.78, 5) is 21.1. The largest absolute Gasteiger partial charge is 0.298 e. The lowest BCUT2D eigenvalue weighted by atomic mass is 10.2. The minimum atomic E-state index is -0.443. The van der Waals surface area contributed by atoms with Crippen molar-refractivity contribution >= 4 is 54.1 Å². The summed E-state index contributed by atoms with van der Waals surface area (Å²) in [6, 6.07) is 9.47. The molecule has 0 bridgehead atoms. The van der Waals surface area contributed by atoms with Crippen LogP contribution in [0.5, 0.6) is 0 Å². The second kappa shape index (κ2) is 5.36. The molecule has 0 unspecified atom stereocenters. The fraction of sp³-hybridized carbons (Fsp3) is 0.0625. The maximum Gasteiger partial charge on any atom is 0.257 e. The summed E-state index contributed by atoms with van der Waals surface area (Å²) >= 11 is 3.00. The molecule has 0 fully saturated rings. The van der Waals surface area contributed by atoms with Gasteiger partial charge in [-0.3, -0.25) is 10.1 Å². The molecule has 0 spiro atoms. The second-order valence-corrected chi connectivity index (χ2v) is 7.21. The summed E-state index contributed by atoms with van der Waals surface area (Å²) < 4.78 is 15.3. The van der Waals surface area contributed by atoms with Crippen LogP contribution in [0.25, 0.3) is 20.4 Å². The first-order chi connectivity index (χ1) is 11.1. The predicted octanol–water partition coefficient (Wildman–Crippen LogP) is 4.61. The summed E-state index contributed by atoms with van der Waals surface area (Å²) in [6.45, 7) is 1.96. The molecule has 0 saturated carbocycles. The molecule has 2 aromatic carbocycles. The number of carbonyl (C=O) groups excluding carboxylic acids is 1. The topological polar surface area (TPSA) is 54.9 Å². The van der Waals surface area contributed by atoms with Crippen molar-refractivity contribution in [1.29, 1.82) is 0 Å². The SMILES string of the molecule is Cc1nc2c(ccc3nc(NC(=O)c4cccc(F)c4)sc32)s1. The average Bonchev–Trinajstić information content (AvgIpc) is 3.08. The van der Waals surface area contributed by atoms with Gasteiger partial charge in [-0.1, -0.05) is 17.4 Å². The third-order valence-electron chi connectivity index (χ3n) is 3.33. The molecule has 7 heteroatoms. The summed E-state index contributed by atoms with van der Waals surface area (Å²) in [5, 5.41) is 4.19. The number of hydrogen-bond donors (Lipinski definition) is 1. The Hall–Kier alpha value is -2.38. The van der Waals surface area contributed by atoms with Crippen LogP contribution >= 0.6 is 22.7 Å². The molecule has 1 N–H and O–H groups in total. The van der Waals surface area contributed by atoms with Gasteiger partial charge in [0.05, 0.1) is 19.9 Å². The van der Waals surface area contributed by atoms with Crippen molar-refractivity contribution in [2.75, 3.05) is 5.32 Å². The summed E-state index contributed by atoms with van der Waals surface area (Å²) in [7, 11) is 0. The quantitative estimate of drug-likeness (QED) is 0.578. The highest BCUT2D eigenvalue weighted by molar-refractivity contribution is 7.24. The molecule has 2 heterocycles. The fourth-order valence-corrected chi connectivity index (χ4v) is 4.19. The van der Waals surface area contributed by atoms with E-state index in [0.29, 0.717) is 5.13 Å². The van der Waals surface area contributed by atoms with Crippen LogP contribution in [-0.2, 0) is 0 Å². The van der Waals surface area contributed by atoms with Crippen molar-refractivity contribution in [3.8, 4) is 0 Å². The lowest BCUT2D eigenvalue weighted by Gasteiger charge is -2.01. The lowest BCUT2D eigenvalue weighted by Crippen LogP contribution is -2.11. The van der Waals surface area contributed by atoms with Gasteiger partial charge < -0.3 is 0 Å². The number of anilines is 1. The molecule has 23 heavy (non-hydrogen) atoms. The van der Waals surface area contributed by atoms with E-state index >= 15 is 0 Å². The zero-order valence-corrected chi connectivity index (χ0v) is 13.6. The number of nitrogens with zero attached hydrogens (tertiary/aromatic N) is 2. The maximum absolute atomic E-state index is 13.2. The van der Waals surface area contributed by atoms with E-state index in [4.69, 9.17) is 0 Å². The minimum absolute atomic E-state index is 0.263. The number of amides is 1. The first kappa shape index (κ1) is 14.2. The Morgan fingerprint density at radius 3 is 2.87 bits per heavy atom. The van der Waals surface area contributed by atoms with Crippen molar-refractivity contribution in [2.45, 2.75) is 6.92 Å². The number of benzene rings is 2. The summed E-state index contributed by atoms with van der Waals surface area (Å²) in [5.41, 5.74) is 1.97. The first-order valence-electron chi connectivity index (χ1n) is 6.84. The summed E-state index contributed by atoms with van der Waals surface area (Å²) in [6.07, 6.45) is 0. The number of halogens is 1. The van der Waals surface area contributed by atoms with Gasteiger partial charge in [-0.2, -0.15) is 0 Å². The number of aryl methyl sites for hydroxylation is 1. The minimum Gasteiger partial charge on any atom is -0.298 e. The average molecular weight is 343 g/mol. The zero-order chi connectivity index (χ0) is 16.0. The monoisotopic (exact) mass is 343 g/mol. The van der Waals surface area contributed by atoms with Gasteiger partial charge in [0.25, 0.3) is 5.91 Å². The van der Waals surface area contributed by atoms with Crippen LogP contribution in [0.3, 0.4) is 0 Å². The number of aromatic nitrogens is 2. The van der Waals surface area contributed by atoms with Gasteiger partial charge in [0.15, 0.2) is 5.13 Å². The van der Waals surface area contributed by atoms with E-state index in [1.165, 1.54) is 29.5 Å². The molecule has 2 aromatic heterocycles. The molecule has 1 amide bonds. The molecule has 0 saturated heterocycles. The molecular formula is C16H10FN3OS2. The van der Waals surface area contributed by atoms with E-state index < -0.39 is 5.82 Å². The van der Waals surface area contributed by atoms with Gasteiger partial charge in [-0.15, -0.1) is 11.3 Å². The highest BCUT2D eigenvalue weighted by Gasteiger charge is 2.13. The fourth-order valence-electron chi connectivity index (χ4n) is 2.34. The number of carbonyl (C=O) groups is 1. The molecule has 0 radical (unpaired) electrons. The van der Waals surface area contributed by atoms with Gasteiger partial charge in [0.2, 0.25) is 0 Å². The molecule has 0 aliphatic rings. The number of hydrogen-bond acceptors (Lipinski definition) is 5. The predicted molar refractivity (Wildman–Crippen MR) is 91.9 cm³/mol. The van der Waals surface area contributed by atoms with E-state index in [1.807, 2.05) is 19.1 Å². The number of nitrogens with one attached hydrogen (secondary N) is 1. The maximum atomic E-state index is 13.2. The zero-order valence-electron chi connectivity index (χ0n) is 12.0. The van der Waals surface area contributed by atoms with Gasteiger partial charge in [0, 0.05) is 5.56 Å². The van der Waals surface area contributed by atoms with Crippen LogP contribution in [0.1, 0.15) is 15.4 Å². The Kier molecular flexibility index (Phi) is 3.32. The van der Waals surface area contributed by atoms with E-state index in [-0.39, 0.29) is 11.5 Å². The Morgan fingerprint density at radius 2 is 2.04 bits per heavy atom. The van der Waals surface area contributed by atoms with Crippen molar-refractivity contribution < 1.29 is 9.18 Å². The van der Waals surface area contributed by atoms with E-state index in [0.717, 1.165) is 25.4 Å². The number of rotatable bonds is 2. The van der Waals surface area contributed by atoms with Gasteiger partial charge >= 0.3 is 0 Å². The highest BCUT2D eigenvalue weighted by atomic mass is 32.1. The Labute approximate surface area is 138 Å². The van der Waals surface area contributed by atoms with E-state index in [9.17, 15) is 9.18 Å². The Morgan fingerprint density at radius 1 is 1.17 bits per heavy atom. The van der Waals surface area contributed by atoms with Gasteiger partial charge in [0.1, 0.15) is 11.3 Å². The van der Waals surface area contributed by atoms with E-state index in [1.54, 1.807) is 17.4 Å². The van der Waals surface area contributed by atoms with Gasteiger partial charge in [-0.05, 0) is 37.3 Å². The van der Waals surface area contributed by atoms with Crippen LogP contribution in [0.15, 0.2) is 36.4 Å². The first-order valence-corrected chi connectivity index (χ1v) is 8.47. The van der Waals surface area contributed by atoms with Crippen molar-refractivity contribution in [3.63, 3.8) is 0 Å².